The van der Waals surface area contributed by atoms with Crippen molar-refractivity contribution in [3.8, 4) is 0 Å². The van der Waals surface area contributed by atoms with Crippen LogP contribution in [0, 0.1) is 24.2 Å². The first kappa shape index (κ1) is 15.6. The van der Waals surface area contributed by atoms with Crippen LogP contribution in [0.1, 0.15) is 49.1 Å². The van der Waals surface area contributed by atoms with Crippen LogP contribution in [0.25, 0.3) is 0 Å². The Kier molecular flexibility index (Phi) is 4.18. The van der Waals surface area contributed by atoms with Gasteiger partial charge >= 0.3 is 0 Å². The molecule has 1 spiro atoms. The largest absolute Gasteiger partial charge is 0.356 e. The number of rotatable bonds is 5. The Morgan fingerprint density at radius 3 is 3.04 bits per heavy atom. The Morgan fingerprint density at radius 2 is 2.30 bits per heavy atom. The summed E-state index contributed by atoms with van der Waals surface area (Å²) in [6, 6.07) is 0. The number of hydrogen-bond donors (Lipinski definition) is 1. The highest BCUT2D eigenvalue weighted by atomic mass is 32.1. The van der Waals surface area contributed by atoms with Crippen molar-refractivity contribution in [3.05, 3.63) is 16.1 Å². The van der Waals surface area contributed by atoms with Gasteiger partial charge in [0.1, 0.15) is 0 Å². The summed E-state index contributed by atoms with van der Waals surface area (Å²) >= 11 is 1.76. The number of aryl methyl sites for hydroxylation is 1. The lowest BCUT2D eigenvalue weighted by atomic mass is 9.76. The van der Waals surface area contributed by atoms with E-state index in [0.29, 0.717) is 5.91 Å². The number of nitrogens with one attached hydrogen (secondary N) is 1. The minimum absolute atomic E-state index is 0.242. The summed E-state index contributed by atoms with van der Waals surface area (Å²) in [6.07, 6.45) is 7.33. The Balaban J connectivity index is 1.39. The van der Waals surface area contributed by atoms with Crippen LogP contribution in [-0.2, 0) is 11.3 Å². The molecule has 126 valence electrons. The molecular weight excluding hydrogens is 306 g/mol. The molecule has 4 rings (SSSR count). The van der Waals surface area contributed by atoms with Crippen molar-refractivity contribution < 1.29 is 4.79 Å². The van der Waals surface area contributed by atoms with Gasteiger partial charge in [-0.2, -0.15) is 0 Å². The molecule has 4 nitrogen and oxygen atoms in total. The maximum absolute atomic E-state index is 12.7. The fourth-order valence-electron chi connectivity index (χ4n) is 4.53. The van der Waals surface area contributed by atoms with E-state index in [4.69, 9.17) is 0 Å². The summed E-state index contributed by atoms with van der Waals surface area (Å²) in [5.74, 6) is 1.35. The van der Waals surface area contributed by atoms with E-state index >= 15 is 0 Å². The molecule has 0 aromatic carbocycles. The Labute approximate surface area is 142 Å². The van der Waals surface area contributed by atoms with E-state index in [2.05, 4.69) is 22.1 Å². The van der Waals surface area contributed by atoms with Gasteiger partial charge < -0.3 is 5.32 Å². The van der Waals surface area contributed by atoms with E-state index in [1.165, 1.54) is 42.7 Å². The molecular formula is C18H27N3OS. The van der Waals surface area contributed by atoms with Gasteiger partial charge in [0.15, 0.2) is 0 Å². The van der Waals surface area contributed by atoms with Gasteiger partial charge in [0, 0.05) is 30.4 Å². The van der Waals surface area contributed by atoms with Crippen LogP contribution in [0.2, 0.25) is 0 Å². The first-order valence-electron chi connectivity index (χ1n) is 9.05. The zero-order valence-electron chi connectivity index (χ0n) is 14.0. The van der Waals surface area contributed by atoms with Crippen molar-refractivity contribution in [1.82, 2.24) is 15.2 Å². The third kappa shape index (κ3) is 3.18. The SMILES string of the molecule is Cc1ncsc1CN1CC[C@@]2(CCC[C@H]2C(=O)NCC2CC2)C1. The number of nitrogens with zero attached hydrogens (tertiary/aromatic N) is 2. The first-order chi connectivity index (χ1) is 11.2. The molecule has 1 saturated heterocycles. The molecule has 1 amide bonds. The number of likely N-dealkylation sites (tertiary alicyclic amines) is 1. The Morgan fingerprint density at radius 1 is 1.43 bits per heavy atom. The third-order valence-corrected chi connectivity index (χ3v) is 7.08. The molecule has 0 bridgehead atoms. The van der Waals surface area contributed by atoms with Crippen LogP contribution in [-0.4, -0.2) is 35.4 Å². The van der Waals surface area contributed by atoms with Gasteiger partial charge in [-0.25, -0.2) is 4.98 Å². The van der Waals surface area contributed by atoms with Crippen molar-refractivity contribution in [3.63, 3.8) is 0 Å². The summed E-state index contributed by atoms with van der Waals surface area (Å²) in [4.78, 5) is 21.0. The van der Waals surface area contributed by atoms with E-state index in [0.717, 1.165) is 38.5 Å². The minimum atomic E-state index is 0.242. The smallest absolute Gasteiger partial charge is 0.223 e. The second-order valence-corrected chi connectivity index (χ2v) is 8.76. The lowest BCUT2D eigenvalue weighted by Gasteiger charge is -2.30. The van der Waals surface area contributed by atoms with Gasteiger partial charge in [-0.3, -0.25) is 9.69 Å². The van der Waals surface area contributed by atoms with E-state index < -0.39 is 0 Å². The maximum atomic E-state index is 12.7. The number of amides is 1. The molecule has 2 heterocycles. The lowest BCUT2D eigenvalue weighted by molar-refractivity contribution is -0.128. The highest BCUT2D eigenvalue weighted by Crippen LogP contribution is 2.50. The van der Waals surface area contributed by atoms with Gasteiger partial charge in [0.05, 0.1) is 11.2 Å². The summed E-state index contributed by atoms with van der Waals surface area (Å²) in [5.41, 5.74) is 3.35. The molecule has 1 aromatic rings. The molecule has 0 radical (unpaired) electrons. The van der Waals surface area contributed by atoms with E-state index in [9.17, 15) is 4.79 Å². The molecule has 1 aliphatic heterocycles. The minimum Gasteiger partial charge on any atom is -0.356 e. The average Bonchev–Trinajstić information content (AvgIpc) is 2.94. The quantitative estimate of drug-likeness (QED) is 0.901. The molecule has 5 heteroatoms. The van der Waals surface area contributed by atoms with Crippen LogP contribution >= 0.6 is 11.3 Å². The fraction of sp³-hybridized carbons (Fsp3) is 0.778. The summed E-state index contributed by atoms with van der Waals surface area (Å²) in [5, 5.41) is 3.24. The van der Waals surface area contributed by atoms with Crippen LogP contribution in [0.4, 0.5) is 0 Å². The number of carbonyl (C=O) groups is 1. The van der Waals surface area contributed by atoms with Crippen LogP contribution in [0.3, 0.4) is 0 Å². The van der Waals surface area contributed by atoms with Gasteiger partial charge in [0.2, 0.25) is 5.91 Å². The number of aromatic nitrogens is 1. The second-order valence-electron chi connectivity index (χ2n) is 7.82. The molecule has 23 heavy (non-hydrogen) atoms. The van der Waals surface area contributed by atoms with Crippen molar-refractivity contribution in [2.75, 3.05) is 19.6 Å². The zero-order valence-corrected chi connectivity index (χ0v) is 14.8. The van der Waals surface area contributed by atoms with Crippen molar-refractivity contribution in [2.45, 2.75) is 52.0 Å². The maximum Gasteiger partial charge on any atom is 0.223 e. The van der Waals surface area contributed by atoms with E-state index in [1.54, 1.807) is 11.3 Å². The summed E-state index contributed by atoms with van der Waals surface area (Å²) < 4.78 is 0. The number of carbonyl (C=O) groups excluding carboxylic acids is 1. The summed E-state index contributed by atoms with van der Waals surface area (Å²) in [6.45, 7) is 6.24. The average molecular weight is 334 g/mol. The van der Waals surface area contributed by atoms with Gasteiger partial charge in [0.25, 0.3) is 0 Å². The topological polar surface area (TPSA) is 45.2 Å². The molecule has 2 saturated carbocycles. The zero-order chi connectivity index (χ0) is 15.9. The van der Waals surface area contributed by atoms with E-state index in [1.807, 2.05) is 5.51 Å². The molecule has 2 atom stereocenters. The molecule has 0 unspecified atom stereocenters. The molecule has 1 aromatic heterocycles. The highest BCUT2D eigenvalue weighted by molar-refractivity contribution is 7.09. The molecule has 1 N–H and O–H groups in total. The molecule has 3 aliphatic rings. The van der Waals surface area contributed by atoms with Gasteiger partial charge in [-0.1, -0.05) is 6.42 Å². The van der Waals surface area contributed by atoms with Gasteiger partial charge in [-0.15, -0.1) is 11.3 Å². The van der Waals surface area contributed by atoms with E-state index in [-0.39, 0.29) is 11.3 Å². The van der Waals surface area contributed by atoms with Crippen molar-refractivity contribution >= 4 is 17.2 Å². The van der Waals surface area contributed by atoms with Crippen LogP contribution in [0.5, 0.6) is 0 Å². The normalized spacial score (nSPS) is 31.1. The first-order valence-corrected chi connectivity index (χ1v) is 9.93. The highest BCUT2D eigenvalue weighted by Gasteiger charge is 2.50. The van der Waals surface area contributed by atoms with Crippen molar-refractivity contribution in [2.24, 2.45) is 17.3 Å². The second kappa shape index (κ2) is 6.17. The molecule has 3 fully saturated rings. The number of hydrogen-bond acceptors (Lipinski definition) is 4. The number of thiazole rings is 1. The monoisotopic (exact) mass is 333 g/mol. The fourth-order valence-corrected chi connectivity index (χ4v) is 5.35. The Hall–Kier alpha value is -0.940. The third-order valence-electron chi connectivity index (χ3n) is 6.16. The summed E-state index contributed by atoms with van der Waals surface area (Å²) in [7, 11) is 0. The predicted octanol–water partition coefficient (Wildman–Crippen LogP) is 2.97. The van der Waals surface area contributed by atoms with Crippen LogP contribution in [0.15, 0.2) is 5.51 Å². The standard InChI is InChI=1S/C18H27N3OS/c1-13-16(23-12-20-13)10-21-8-7-18(11-21)6-2-3-15(18)17(22)19-9-14-4-5-14/h12,14-15H,2-11H2,1H3,(H,19,22)/t15-,18-/m0/s1. The van der Waals surface area contributed by atoms with Gasteiger partial charge in [-0.05, 0) is 56.9 Å². The van der Waals surface area contributed by atoms with Crippen molar-refractivity contribution in [1.29, 1.82) is 0 Å². The Bertz CT molecular complexity index is 583. The molecule has 2 aliphatic carbocycles. The predicted molar refractivity (Wildman–Crippen MR) is 92.3 cm³/mol. The van der Waals surface area contributed by atoms with Crippen LogP contribution < -0.4 is 5.32 Å². The lowest BCUT2D eigenvalue weighted by Crippen LogP contribution is -2.41.